The number of hydrogen-bond donors (Lipinski definition) is 2. The van der Waals surface area contributed by atoms with E-state index in [4.69, 9.17) is 9.47 Å². The molecule has 0 spiro atoms. The lowest BCUT2D eigenvalue weighted by molar-refractivity contribution is -0.0505. The number of hydrogen-bond acceptors (Lipinski definition) is 5. The molecule has 1 aromatic rings. The number of alkyl halides is 2. The fourth-order valence-corrected chi connectivity index (χ4v) is 3.02. The Bertz CT molecular complexity index is 641. The Morgan fingerprint density at radius 1 is 1.23 bits per heavy atom. The van der Waals surface area contributed by atoms with Crippen molar-refractivity contribution in [3.63, 3.8) is 0 Å². The van der Waals surface area contributed by atoms with Gasteiger partial charge in [-0.3, -0.25) is 4.90 Å². The second-order valence-electron chi connectivity index (χ2n) is 6.93. The minimum atomic E-state index is -2.90. The highest BCUT2D eigenvalue weighted by Crippen LogP contribution is 2.27. The first-order valence-corrected chi connectivity index (χ1v) is 10.6. The Balaban J connectivity index is 1.92. The molecule has 1 aliphatic rings. The first kappa shape index (κ1) is 24.1. The summed E-state index contributed by atoms with van der Waals surface area (Å²) >= 11 is 0. The number of ether oxygens (including phenoxy) is 3. The van der Waals surface area contributed by atoms with Crippen LogP contribution in [0.2, 0.25) is 0 Å². The van der Waals surface area contributed by atoms with Gasteiger partial charge in [-0.1, -0.05) is 6.92 Å². The van der Waals surface area contributed by atoms with Crippen LogP contribution in [0.1, 0.15) is 32.3 Å². The molecule has 1 fully saturated rings. The molecule has 2 rings (SSSR count). The Morgan fingerprint density at radius 2 is 2.03 bits per heavy atom. The van der Waals surface area contributed by atoms with Crippen molar-refractivity contribution in [3.8, 4) is 11.5 Å². The van der Waals surface area contributed by atoms with Crippen molar-refractivity contribution in [2.45, 2.75) is 39.8 Å². The molecule has 0 aromatic heterocycles. The van der Waals surface area contributed by atoms with Gasteiger partial charge in [0.05, 0.1) is 26.4 Å². The minimum absolute atomic E-state index is 0.0884. The number of morpholine rings is 1. The van der Waals surface area contributed by atoms with Crippen molar-refractivity contribution >= 4 is 5.96 Å². The summed E-state index contributed by atoms with van der Waals surface area (Å²) in [5.41, 5.74) is 0.574. The van der Waals surface area contributed by atoms with Crippen LogP contribution in [0.15, 0.2) is 23.2 Å². The van der Waals surface area contributed by atoms with Crippen molar-refractivity contribution in [1.82, 2.24) is 15.5 Å². The number of nitrogens with one attached hydrogen (secondary N) is 2. The topological polar surface area (TPSA) is 67.4 Å². The normalized spacial score (nSPS) is 15.3. The number of aliphatic imine (C=N–C) groups is 1. The van der Waals surface area contributed by atoms with E-state index in [1.54, 1.807) is 12.1 Å². The standard InChI is InChI=1S/C21H34F2N4O3/c1-3-12-29-18-7-6-17(19(15-18)30-20(22)23)16-26-21(24-4-2)25-8-5-9-27-10-13-28-14-11-27/h6-7,15,20H,3-5,8-14,16H2,1-2H3,(H2,24,25,26). The van der Waals surface area contributed by atoms with Gasteiger partial charge >= 0.3 is 6.61 Å². The van der Waals surface area contributed by atoms with Gasteiger partial charge in [0.2, 0.25) is 0 Å². The molecule has 2 N–H and O–H groups in total. The largest absolute Gasteiger partial charge is 0.493 e. The Hall–Kier alpha value is -2.13. The predicted octanol–water partition coefficient (Wildman–Crippen LogP) is 2.85. The lowest BCUT2D eigenvalue weighted by atomic mass is 10.2. The lowest BCUT2D eigenvalue weighted by Crippen LogP contribution is -2.40. The van der Waals surface area contributed by atoms with Gasteiger partial charge in [-0.15, -0.1) is 0 Å². The molecule has 1 aliphatic heterocycles. The van der Waals surface area contributed by atoms with Crippen molar-refractivity contribution in [3.05, 3.63) is 23.8 Å². The lowest BCUT2D eigenvalue weighted by Gasteiger charge is -2.26. The first-order chi connectivity index (χ1) is 14.6. The molecule has 0 bridgehead atoms. The molecule has 1 saturated heterocycles. The van der Waals surface area contributed by atoms with E-state index in [1.165, 1.54) is 6.07 Å². The molecule has 30 heavy (non-hydrogen) atoms. The van der Waals surface area contributed by atoms with Crippen LogP contribution >= 0.6 is 0 Å². The molecule has 0 unspecified atom stereocenters. The van der Waals surface area contributed by atoms with Gasteiger partial charge in [0, 0.05) is 37.8 Å². The second-order valence-corrected chi connectivity index (χ2v) is 6.93. The van der Waals surface area contributed by atoms with Gasteiger partial charge in [-0.25, -0.2) is 4.99 Å². The Kier molecular flexibility index (Phi) is 11.2. The van der Waals surface area contributed by atoms with Gasteiger partial charge in [-0.05, 0) is 38.4 Å². The van der Waals surface area contributed by atoms with Crippen molar-refractivity contribution < 1.29 is 23.0 Å². The van der Waals surface area contributed by atoms with Crippen LogP contribution in [-0.4, -0.2) is 70.0 Å². The van der Waals surface area contributed by atoms with Crippen LogP contribution in [0.5, 0.6) is 11.5 Å². The molecule has 9 heteroatoms. The van der Waals surface area contributed by atoms with Crippen LogP contribution in [0.25, 0.3) is 0 Å². The summed E-state index contributed by atoms with van der Waals surface area (Å²) in [7, 11) is 0. The molecule has 0 atom stereocenters. The minimum Gasteiger partial charge on any atom is -0.493 e. The maximum atomic E-state index is 12.8. The molecule has 1 aromatic carbocycles. The smallest absolute Gasteiger partial charge is 0.387 e. The fourth-order valence-electron chi connectivity index (χ4n) is 3.02. The fraction of sp³-hybridized carbons (Fsp3) is 0.667. The quantitative estimate of drug-likeness (QED) is 0.303. The van der Waals surface area contributed by atoms with Gasteiger partial charge in [0.1, 0.15) is 11.5 Å². The maximum Gasteiger partial charge on any atom is 0.387 e. The van der Waals surface area contributed by atoms with Crippen molar-refractivity contribution in [2.75, 3.05) is 52.5 Å². The number of benzene rings is 1. The van der Waals surface area contributed by atoms with E-state index in [-0.39, 0.29) is 12.3 Å². The molecule has 0 radical (unpaired) electrons. The second kappa shape index (κ2) is 14.0. The summed E-state index contributed by atoms with van der Waals surface area (Å²) in [5.74, 6) is 1.24. The van der Waals surface area contributed by atoms with Crippen LogP contribution in [-0.2, 0) is 11.3 Å². The third kappa shape index (κ3) is 9.13. The molecule has 7 nitrogen and oxygen atoms in total. The molecule has 170 valence electrons. The van der Waals surface area contributed by atoms with Gasteiger partial charge in [0.25, 0.3) is 0 Å². The zero-order valence-corrected chi connectivity index (χ0v) is 18.0. The van der Waals surface area contributed by atoms with Crippen LogP contribution in [0, 0.1) is 0 Å². The monoisotopic (exact) mass is 428 g/mol. The van der Waals surface area contributed by atoms with Crippen molar-refractivity contribution in [2.24, 2.45) is 4.99 Å². The highest BCUT2D eigenvalue weighted by atomic mass is 19.3. The average Bonchev–Trinajstić information content (AvgIpc) is 2.74. The molecule has 1 heterocycles. The maximum absolute atomic E-state index is 12.8. The summed E-state index contributed by atoms with van der Waals surface area (Å²) < 4.78 is 41.2. The SMILES string of the molecule is CCCOc1ccc(CN=C(NCC)NCCCN2CCOCC2)c(OC(F)F)c1. The summed E-state index contributed by atoms with van der Waals surface area (Å²) in [6.07, 6.45) is 1.81. The highest BCUT2D eigenvalue weighted by Gasteiger charge is 2.12. The third-order valence-corrected chi connectivity index (χ3v) is 4.53. The summed E-state index contributed by atoms with van der Waals surface area (Å²) in [4.78, 5) is 6.90. The Labute approximate surface area is 177 Å². The number of rotatable bonds is 12. The van der Waals surface area contributed by atoms with Gasteiger partial charge in [0.15, 0.2) is 5.96 Å². The van der Waals surface area contributed by atoms with Crippen LogP contribution < -0.4 is 20.1 Å². The molecular formula is C21H34F2N4O3. The van der Waals surface area contributed by atoms with Gasteiger partial charge < -0.3 is 24.8 Å². The summed E-state index contributed by atoms with van der Waals surface area (Å²) in [5, 5.41) is 6.48. The molecular weight excluding hydrogens is 394 g/mol. The zero-order chi connectivity index (χ0) is 21.6. The van der Waals surface area contributed by atoms with E-state index in [0.29, 0.717) is 30.4 Å². The average molecular weight is 429 g/mol. The van der Waals surface area contributed by atoms with E-state index in [9.17, 15) is 8.78 Å². The predicted molar refractivity (Wildman–Crippen MR) is 114 cm³/mol. The van der Waals surface area contributed by atoms with Crippen LogP contribution in [0.4, 0.5) is 8.78 Å². The van der Waals surface area contributed by atoms with E-state index in [1.807, 2.05) is 13.8 Å². The first-order valence-electron chi connectivity index (χ1n) is 10.6. The zero-order valence-electron chi connectivity index (χ0n) is 18.0. The summed E-state index contributed by atoms with van der Waals surface area (Å²) in [6, 6.07) is 4.96. The van der Waals surface area contributed by atoms with E-state index in [2.05, 4.69) is 25.3 Å². The Morgan fingerprint density at radius 3 is 2.73 bits per heavy atom. The molecule has 0 amide bonds. The highest BCUT2D eigenvalue weighted by molar-refractivity contribution is 5.79. The van der Waals surface area contributed by atoms with Crippen molar-refractivity contribution in [1.29, 1.82) is 0 Å². The van der Waals surface area contributed by atoms with E-state index in [0.717, 1.165) is 52.2 Å². The third-order valence-electron chi connectivity index (χ3n) is 4.53. The van der Waals surface area contributed by atoms with E-state index < -0.39 is 6.61 Å². The number of guanidine groups is 1. The number of nitrogens with zero attached hydrogens (tertiary/aromatic N) is 2. The summed E-state index contributed by atoms with van der Waals surface area (Å²) in [6.45, 7) is 7.81. The number of halogens is 2. The van der Waals surface area contributed by atoms with E-state index >= 15 is 0 Å². The molecule has 0 saturated carbocycles. The van der Waals surface area contributed by atoms with Gasteiger partial charge in [-0.2, -0.15) is 8.78 Å². The molecule has 0 aliphatic carbocycles. The van der Waals surface area contributed by atoms with Crippen LogP contribution in [0.3, 0.4) is 0 Å².